The van der Waals surface area contributed by atoms with Crippen LogP contribution in [-0.4, -0.2) is 29.7 Å². The molecule has 3 atom stereocenters. The maximum absolute atomic E-state index is 11.9. The molecule has 2 amide bonds. The highest BCUT2D eigenvalue weighted by Gasteiger charge is 2.46. The average Bonchev–Trinajstić information content (AvgIpc) is 2.40. The van der Waals surface area contributed by atoms with Crippen molar-refractivity contribution in [2.24, 2.45) is 17.3 Å². The van der Waals surface area contributed by atoms with Gasteiger partial charge in [0.25, 0.3) is 0 Å². The number of carboxylic acids is 1. The van der Waals surface area contributed by atoms with Crippen LogP contribution in [0.25, 0.3) is 0 Å². The Morgan fingerprint density at radius 2 is 2.00 bits per heavy atom. The summed E-state index contributed by atoms with van der Waals surface area (Å²) in [6.45, 7) is 8.55. The van der Waals surface area contributed by atoms with E-state index in [0.29, 0.717) is 19.4 Å². The molecule has 0 aromatic carbocycles. The smallest absolute Gasteiger partial charge is 0.315 e. The molecule has 0 aromatic rings. The second-order valence-electron chi connectivity index (χ2n) is 6.44. The maximum Gasteiger partial charge on any atom is 0.315 e. The summed E-state index contributed by atoms with van der Waals surface area (Å²) in [5.74, 6) is -0.960. The van der Waals surface area contributed by atoms with Gasteiger partial charge >= 0.3 is 12.0 Å². The van der Waals surface area contributed by atoms with Crippen LogP contribution < -0.4 is 10.6 Å². The molecule has 5 heteroatoms. The fraction of sp³-hybridized carbons (Fsp3) is 0.750. The zero-order chi connectivity index (χ0) is 16.0. The number of aliphatic carboxylic acids is 1. The quantitative estimate of drug-likeness (QED) is 0.539. The van der Waals surface area contributed by atoms with Crippen molar-refractivity contribution in [2.45, 2.75) is 53.0 Å². The average molecular weight is 296 g/mol. The van der Waals surface area contributed by atoms with Gasteiger partial charge in [0.05, 0.1) is 5.92 Å². The Balaban J connectivity index is 2.54. The van der Waals surface area contributed by atoms with Crippen LogP contribution >= 0.6 is 0 Å². The van der Waals surface area contributed by atoms with E-state index < -0.39 is 5.97 Å². The molecule has 3 unspecified atom stereocenters. The minimum atomic E-state index is -0.735. The summed E-state index contributed by atoms with van der Waals surface area (Å²) in [5, 5.41) is 15.1. The van der Waals surface area contributed by atoms with Crippen molar-refractivity contribution in [2.75, 3.05) is 6.54 Å². The number of rotatable bonds is 5. The van der Waals surface area contributed by atoms with E-state index in [9.17, 15) is 14.7 Å². The van der Waals surface area contributed by atoms with E-state index in [0.717, 1.165) is 6.42 Å². The van der Waals surface area contributed by atoms with Crippen molar-refractivity contribution in [3.05, 3.63) is 12.2 Å². The van der Waals surface area contributed by atoms with Crippen LogP contribution in [0.1, 0.15) is 47.0 Å². The van der Waals surface area contributed by atoms with E-state index in [1.807, 2.05) is 39.8 Å². The van der Waals surface area contributed by atoms with Gasteiger partial charge in [-0.1, -0.05) is 32.9 Å². The molecule has 120 valence electrons. The largest absolute Gasteiger partial charge is 0.481 e. The van der Waals surface area contributed by atoms with Crippen LogP contribution in [0, 0.1) is 17.3 Å². The SMILES string of the molecule is C/C=C/CCNC(=O)NC1CCC(C(=O)O)C(C)(C)C1C. The van der Waals surface area contributed by atoms with Crippen molar-refractivity contribution in [3.63, 3.8) is 0 Å². The van der Waals surface area contributed by atoms with E-state index in [1.54, 1.807) is 0 Å². The summed E-state index contributed by atoms with van der Waals surface area (Å²) in [6, 6.07) is -0.141. The number of allylic oxidation sites excluding steroid dienone is 1. The van der Waals surface area contributed by atoms with Crippen molar-refractivity contribution in [1.29, 1.82) is 0 Å². The lowest BCUT2D eigenvalue weighted by atomic mass is 9.61. The number of carboxylic acid groups (broad SMARTS) is 1. The molecule has 1 aliphatic carbocycles. The van der Waals surface area contributed by atoms with Crippen LogP contribution in [-0.2, 0) is 4.79 Å². The molecule has 1 rings (SSSR count). The number of nitrogens with one attached hydrogen (secondary N) is 2. The lowest BCUT2D eigenvalue weighted by Gasteiger charge is -2.46. The third-order valence-corrected chi connectivity index (χ3v) is 4.89. The van der Waals surface area contributed by atoms with Gasteiger partial charge in [0.2, 0.25) is 0 Å². The van der Waals surface area contributed by atoms with E-state index in [4.69, 9.17) is 0 Å². The second-order valence-corrected chi connectivity index (χ2v) is 6.44. The number of hydrogen-bond acceptors (Lipinski definition) is 2. The minimum Gasteiger partial charge on any atom is -0.481 e. The van der Waals surface area contributed by atoms with Gasteiger partial charge in [0, 0.05) is 12.6 Å². The summed E-state index contributed by atoms with van der Waals surface area (Å²) in [4.78, 5) is 23.2. The van der Waals surface area contributed by atoms with Gasteiger partial charge in [0.1, 0.15) is 0 Å². The fourth-order valence-electron chi connectivity index (χ4n) is 3.10. The zero-order valence-electron chi connectivity index (χ0n) is 13.5. The van der Waals surface area contributed by atoms with Gasteiger partial charge in [-0.2, -0.15) is 0 Å². The first-order valence-corrected chi connectivity index (χ1v) is 7.69. The number of hydrogen-bond donors (Lipinski definition) is 3. The third kappa shape index (κ3) is 4.48. The lowest BCUT2D eigenvalue weighted by Crippen LogP contribution is -2.54. The van der Waals surface area contributed by atoms with Gasteiger partial charge < -0.3 is 15.7 Å². The monoisotopic (exact) mass is 296 g/mol. The van der Waals surface area contributed by atoms with Crippen LogP contribution in [0.15, 0.2) is 12.2 Å². The summed E-state index contributed by atoms with van der Waals surface area (Å²) in [7, 11) is 0. The van der Waals surface area contributed by atoms with Crippen molar-refractivity contribution in [3.8, 4) is 0 Å². The van der Waals surface area contributed by atoms with E-state index in [1.165, 1.54) is 0 Å². The van der Waals surface area contributed by atoms with Crippen molar-refractivity contribution >= 4 is 12.0 Å². The molecular formula is C16H28N2O3. The summed E-state index contributed by atoms with van der Waals surface area (Å²) >= 11 is 0. The van der Waals surface area contributed by atoms with Crippen molar-refractivity contribution in [1.82, 2.24) is 10.6 Å². The molecule has 0 aliphatic heterocycles. The molecule has 0 heterocycles. The Bertz CT molecular complexity index is 404. The first-order chi connectivity index (χ1) is 9.80. The van der Waals surface area contributed by atoms with Crippen LogP contribution in [0.4, 0.5) is 4.79 Å². The fourth-order valence-corrected chi connectivity index (χ4v) is 3.10. The maximum atomic E-state index is 11.9. The Labute approximate surface area is 127 Å². The molecule has 3 N–H and O–H groups in total. The predicted molar refractivity (Wildman–Crippen MR) is 83.1 cm³/mol. The molecule has 0 aromatic heterocycles. The molecule has 0 radical (unpaired) electrons. The number of carbonyl (C=O) groups is 2. The van der Waals surface area contributed by atoms with E-state index >= 15 is 0 Å². The molecule has 0 bridgehead atoms. The Hall–Kier alpha value is -1.52. The van der Waals surface area contributed by atoms with Crippen LogP contribution in [0.2, 0.25) is 0 Å². The van der Waals surface area contributed by atoms with Gasteiger partial charge in [-0.15, -0.1) is 0 Å². The van der Waals surface area contributed by atoms with Crippen molar-refractivity contribution < 1.29 is 14.7 Å². The van der Waals surface area contributed by atoms with E-state index in [-0.39, 0.29) is 29.3 Å². The summed E-state index contributed by atoms with van der Waals surface area (Å²) < 4.78 is 0. The first kappa shape index (κ1) is 17.5. The lowest BCUT2D eigenvalue weighted by molar-refractivity contribution is -0.150. The Morgan fingerprint density at radius 3 is 2.57 bits per heavy atom. The molecule has 21 heavy (non-hydrogen) atoms. The van der Waals surface area contributed by atoms with Gasteiger partial charge in [-0.05, 0) is 37.5 Å². The second kappa shape index (κ2) is 7.48. The van der Waals surface area contributed by atoms with Gasteiger partial charge in [-0.25, -0.2) is 4.79 Å². The highest BCUT2D eigenvalue weighted by molar-refractivity contribution is 5.74. The molecule has 0 saturated heterocycles. The highest BCUT2D eigenvalue weighted by Crippen LogP contribution is 2.44. The Kier molecular flexibility index (Phi) is 6.24. The normalized spacial score (nSPS) is 28.3. The first-order valence-electron chi connectivity index (χ1n) is 7.69. The molecule has 1 aliphatic rings. The number of urea groups is 1. The predicted octanol–water partition coefficient (Wildman–Crippen LogP) is 2.78. The molecule has 1 saturated carbocycles. The van der Waals surface area contributed by atoms with Crippen LogP contribution in [0.5, 0.6) is 0 Å². The third-order valence-electron chi connectivity index (χ3n) is 4.89. The number of carbonyl (C=O) groups excluding carboxylic acids is 1. The standard InChI is InChI=1S/C16H28N2O3/c1-5-6-7-10-17-15(21)18-13-9-8-12(14(19)20)16(3,4)11(13)2/h5-6,11-13H,7-10H2,1-4H3,(H,19,20)(H2,17,18,21)/b6-5+. The number of amides is 2. The molecule has 1 fully saturated rings. The minimum absolute atomic E-state index is 0.0253. The summed E-state index contributed by atoms with van der Waals surface area (Å²) in [6.07, 6.45) is 6.10. The van der Waals surface area contributed by atoms with Gasteiger partial charge in [0.15, 0.2) is 0 Å². The zero-order valence-corrected chi connectivity index (χ0v) is 13.5. The highest BCUT2D eigenvalue weighted by atomic mass is 16.4. The summed E-state index contributed by atoms with van der Waals surface area (Å²) in [5.41, 5.74) is -0.326. The van der Waals surface area contributed by atoms with Gasteiger partial charge in [-0.3, -0.25) is 4.79 Å². The van der Waals surface area contributed by atoms with E-state index in [2.05, 4.69) is 10.6 Å². The van der Waals surface area contributed by atoms with Crippen LogP contribution in [0.3, 0.4) is 0 Å². The molecule has 5 nitrogen and oxygen atoms in total. The topological polar surface area (TPSA) is 78.4 Å². The molecular weight excluding hydrogens is 268 g/mol. The Morgan fingerprint density at radius 1 is 1.33 bits per heavy atom. The molecule has 0 spiro atoms.